The molecule has 0 bridgehead atoms. The van der Waals surface area contributed by atoms with E-state index >= 15 is 0 Å². The summed E-state index contributed by atoms with van der Waals surface area (Å²) in [4.78, 5) is 9.79. The van der Waals surface area contributed by atoms with Crippen molar-refractivity contribution in [1.29, 1.82) is 0 Å². The SMILES string of the molecule is COc1ccc(S(=O)(=O)Oc2ccc([N+](=O)[O-])cc2)cc1N. The van der Waals surface area contributed by atoms with Gasteiger partial charge in [-0.3, -0.25) is 10.1 Å². The molecule has 2 aromatic carbocycles. The van der Waals surface area contributed by atoms with Gasteiger partial charge < -0.3 is 14.7 Å². The monoisotopic (exact) mass is 324 g/mol. The predicted octanol–water partition coefficient (Wildman–Crippen LogP) is 1.95. The molecule has 0 aliphatic rings. The van der Waals surface area contributed by atoms with Crippen LogP contribution in [0.4, 0.5) is 11.4 Å². The number of nitrogens with zero attached hydrogens (tertiary/aromatic N) is 1. The van der Waals surface area contributed by atoms with Crippen LogP contribution >= 0.6 is 0 Å². The van der Waals surface area contributed by atoms with Crippen LogP contribution in [0.1, 0.15) is 0 Å². The summed E-state index contributed by atoms with van der Waals surface area (Å²) in [6.07, 6.45) is 0. The summed E-state index contributed by atoms with van der Waals surface area (Å²) in [6, 6.07) is 8.59. The molecule has 0 aromatic heterocycles. The van der Waals surface area contributed by atoms with Gasteiger partial charge in [0, 0.05) is 12.1 Å². The van der Waals surface area contributed by atoms with Gasteiger partial charge in [-0.25, -0.2) is 0 Å². The molecule has 0 atom stereocenters. The molecule has 0 heterocycles. The van der Waals surface area contributed by atoms with Crippen LogP contribution in [0.25, 0.3) is 0 Å². The Morgan fingerprint density at radius 2 is 1.77 bits per heavy atom. The normalized spacial score (nSPS) is 11.0. The van der Waals surface area contributed by atoms with Gasteiger partial charge in [-0.05, 0) is 30.3 Å². The predicted molar refractivity (Wildman–Crippen MR) is 78.3 cm³/mol. The van der Waals surface area contributed by atoms with E-state index in [1.807, 2.05) is 0 Å². The minimum absolute atomic E-state index is 0.0417. The van der Waals surface area contributed by atoms with E-state index in [1.54, 1.807) is 0 Å². The summed E-state index contributed by atoms with van der Waals surface area (Å²) >= 11 is 0. The fourth-order valence-corrected chi connectivity index (χ4v) is 2.63. The number of hydrogen-bond donors (Lipinski definition) is 1. The number of nitro groups is 1. The lowest BCUT2D eigenvalue weighted by molar-refractivity contribution is -0.384. The second kappa shape index (κ2) is 5.90. The van der Waals surface area contributed by atoms with Gasteiger partial charge in [-0.2, -0.15) is 8.42 Å². The lowest BCUT2D eigenvalue weighted by atomic mass is 10.3. The number of nitrogens with two attached hydrogens (primary N) is 1. The van der Waals surface area contributed by atoms with Crippen LogP contribution in [0, 0.1) is 10.1 Å². The van der Waals surface area contributed by atoms with Crippen molar-refractivity contribution in [3.63, 3.8) is 0 Å². The van der Waals surface area contributed by atoms with E-state index in [2.05, 4.69) is 0 Å². The minimum Gasteiger partial charge on any atom is -0.495 e. The number of non-ortho nitro benzene ring substituents is 1. The van der Waals surface area contributed by atoms with Gasteiger partial charge in [-0.1, -0.05) is 0 Å². The molecule has 9 heteroatoms. The van der Waals surface area contributed by atoms with Crippen LogP contribution in [0.5, 0.6) is 11.5 Å². The van der Waals surface area contributed by atoms with Crippen LogP contribution in [0.3, 0.4) is 0 Å². The van der Waals surface area contributed by atoms with Gasteiger partial charge in [0.25, 0.3) is 5.69 Å². The van der Waals surface area contributed by atoms with E-state index in [0.29, 0.717) is 5.75 Å². The Bertz CT molecular complexity index is 802. The molecule has 0 amide bonds. The van der Waals surface area contributed by atoms with Crippen molar-refractivity contribution in [2.75, 3.05) is 12.8 Å². The van der Waals surface area contributed by atoms with Crippen LogP contribution in [-0.4, -0.2) is 20.5 Å². The molecule has 0 aliphatic carbocycles. The first-order valence-corrected chi connectivity index (χ1v) is 7.37. The van der Waals surface area contributed by atoms with E-state index in [1.165, 1.54) is 37.4 Å². The molecule has 2 N–H and O–H groups in total. The van der Waals surface area contributed by atoms with Crippen LogP contribution in [0.2, 0.25) is 0 Å². The summed E-state index contributed by atoms with van der Waals surface area (Å²) in [5.74, 6) is 0.300. The quantitative estimate of drug-likeness (QED) is 0.386. The Morgan fingerprint density at radius 1 is 1.14 bits per heavy atom. The zero-order valence-corrected chi connectivity index (χ0v) is 12.2. The number of hydrogen-bond acceptors (Lipinski definition) is 7. The van der Waals surface area contributed by atoms with Gasteiger partial charge >= 0.3 is 10.1 Å². The zero-order valence-electron chi connectivity index (χ0n) is 11.4. The summed E-state index contributed by atoms with van der Waals surface area (Å²) in [5.41, 5.74) is 5.64. The first-order chi connectivity index (χ1) is 10.3. The van der Waals surface area contributed by atoms with Crippen molar-refractivity contribution in [2.24, 2.45) is 0 Å². The van der Waals surface area contributed by atoms with Crippen molar-refractivity contribution in [1.82, 2.24) is 0 Å². The summed E-state index contributed by atoms with van der Waals surface area (Å²) in [7, 11) is -2.69. The Labute approximate surface area is 126 Å². The van der Waals surface area contributed by atoms with Gasteiger partial charge in [0.15, 0.2) is 0 Å². The Kier molecular flexibility index (Phi) is 4.18. The molecule has 0 spiro atoms. The average molecular weight is 324 g/mol. The molecule has 0 unspecified atom stereocenters. The largest absolute Gasteiger partial charge is 0.495 e. The minimum atomic E-state index is -4.10. The molecule has 8 nitrogen and oxygen atoms in total. The second-order valence-electron chi connectivity index (χ2n) is 4.19. The smallest absolute Gasteiger partial charge is 0.339 e. The molecule has 22 heavy (non-hydrogen) atoms. The number of nitrogen functional groups attached to an aromatic ring is 1. The Balaban J connectivity index is 2.27. The fourth-order valence-electron chi connectivity index (χ4n) is 1.67. The molecule has 0 saturated heterocycles. The third kappa shape index (κ3) is 3.26. The molecule has 0 aliphatic heterocycles. The van der Waals surface area contributed by atoms with E-state index in [-0.39, 0.29) is 22.0 Å². The lowest BCUT2D eigenvalue weighted by Gasteiger charge is -2.09. The highest BCUT2D eigenvalue weighted by Gasteiger charge is 2.18. The van der Waals surface area contributed by atoms with E-state index < -0.39 is 15.0 Å². The number of methoxy groups -OCH3 is 1. The highest BCUT2D eigenvalue weighted by Crippen LogP contribution is 2.27. The number of rotatable bonds is 5. The molecular weight excluding hydrogens is 312 g/mol. The standard InChI is InChI=1S/C13H12N2O6S/c1-20-13-7-6-11(8-12(13)14)22(18,19)21-10-4-2-9(3-5-10)15(16)17/h2-8H,14H2,1H3. The van der Waals surface area contributed by atoms with Crippen molar-refractivity contribution >= 4 is 21.5 Å². The highest BCUT2D eigenvalue weighted by molar-refractivity contribution is 7.87. The molecule has 0 saturated carbocycles. The number of ether oxygens (including phenoxy) is 1. The lowest BCUT2D eigenvalue weighted by Crippen LogP contribution is -2.10. The molecule has 2 aromatic rings. The summed E-state index contributed by atoms with van der Waals surface area (Å²) < 4.78 is 34.1. The first kappa shape index (κ1) is 15.6. The molecule has 0 fully saturated rings. The third-order valence-corrected chi connectivity index (χ3v) is 3.99. The van der Waals surface area contributed by atoms with Gasteiger partial charge in [0.05, 0.1) is 17.7 Å². The molecule has 2 rings (SSSR count). The topological polar surface area (TPSA) is 122 Å². The average Bonchev–Trinajstić information content (AvgIpc) is 2.47. The maximum absolute atomic E-state index is 12.1. The first-order valence-electron chi connectivity index (χ1n) is 5.96. The third-order valence-electron chi connectivity index (χ3n) is 2.74. The fraction of sp³-hybridized carbons (Fsp3) is 0.0769. The number of nitro benzene ring substituents is 1. The van der Waals surface area contributed by atoms with Crippen LogP contribution in [-0.2, 0) is 10.1 Å². The van der Waals surface area contributed by atoms with Crippen LogP contribution in [0.15, 0.2) is 47.4 Å². The molecule has 116 valence electrons. The van der Waals surface area contributed by atoms with Crippen molar-refractivity contribution in [3.05, 3.63) is 52.6 Å². The van der Waals surface area contributed by atoms with Crippen LogP contribution < -0.4 is 14.7 Å². The van der Waals surface area contributed by atoms with Crippen molar-refractivity contribution < 1.29 is 22.3 Å². The van der Waals surface area contributed by atoms with E-state index in [0.717, 1.165) is 12.1 Å². The maximum atomic E-state index is 12.1. The van der Waals surface area contributed by atoms with Gasteiger partial charge in [-0.15, -0.1) is 0 Å². The Morgan fingerprint density at radius 3 is 2.27 bits per heavy atom. The number of anilines is 1. The Hall–Kier alpha value is -2.81. The zero-order chi connectivity index (χ0) is 16.3. The number of benzene rings is 2. The second-order valence-corrected chi connectivity index (χ2v) is 5.74. The maximum Gasteiger partial charge on any atom is 0.339 e. The molecular formula is C13H12N2O6S. The summed E-state index contributed by atoms with van der Waals surface area (Å²) in [5, 5.41) is 10.5. The highest BCUT2D eigenvalue weighted by atomic mass is 32.2. The van der Waals surface area contributed by atoms with E-state index in [4.69, 9.17) is 14.7 Å². The van der Waals surface area contributed by atoms with Gasteiger partial charge in [0.1, 0.15) is 16.4 Å². The summed E-state index contributed by atoms with van der Waals surface area (Å²) in [6.45, 7) is 0. The van der Waals surface area contributed by atoms with E-state index in [9.17, 15) is 18.5 Å². The van der Waals surface area contributed by atoms with Crippen molar-refractivity contribution in [2.45, 2.75) is 4.90 Å². The molecule has 0 radical (unpaired) electrons. The van der Waals surface area contributed by atoms with Crippen molar-refractivity contribution in [3.8, 4) is 11.5 Å². The van der Waals surface area contributed by atoms with Gasteiger partial charge in [0.2, 0.25) is 0 Å².